The highest BCUT2D eigenvalue weighted by molar-refractivity contribution is 4.71. The first-order chi connectivity index (χ1) is 8.26. The maximum absolute atomic E-state index is 5.54. The molecule has 3 heteroatoms. The van der Waals surface area contributed by atoms with Crippen molar-refractivity contribution in [2.45, 2.75) is 39.5 Å². The van der Waals surface area contributed by atoms with E-state index >= 15 is 0 Å². The summed E-state index contributed by atoms with van der Waals surface area (Å²) in [4.78, 5) is 5.27. The second-order valence-corrected chi connectivity index (χ2v) is 5.51. The maximum atomic E-state index is 5.54. The van der Waals surface area contributed by atoms with Crippen LogP contribution >= 0.6 is 0 Å². The lowest BCUT2D eigenvalue weighted by Crippen LogP contribution is -2.33. The van der Waals surface area contributed by atoms with Gasteiger partial charge < -0.3 is 15.5 Å². The number of rotatable bonds is 7. The molecule has 0 aliphatic carbocycles. The Morgan fingerprint density at radius 2 is 1.76 bits per heavy atom. The molecule has 1 aliphatic rings. The molecule has 102 valence electrons. The highest BCUT2D eigenvalue weighted by Crippen LogP contribution is 2.09. The van der Waals surface area contributed by atoms with Crippen molar-refractivity contribution < 1.29 is 0 Å². The third-order valence-electron chi connectivity index (χ3n) is 3.88. The molecule has 0 aromatic rings. The van der Waals surface area contributed by atoms with Crippen molar-refractivity contribution in [1.82, 2.24) is 9.80 Å². The monoisotopic (exact) mass is 241 g/mol. The fraction of sp³-hybridized carbons (Fsp3) is 1.00. The molecule has 2 N–H and O–H groups in total. The van der Waals surface area contributed by atoms with E-state index in [4.69, 9.17) is 5.73 Å². The molecule has 0 radical (unpaired) electrons. The lowest BCUT2D eigenvalue weighted by molar-refractivity contribution is 0.230. The number of hydrogen-bond acceptors (Lipinski definition) is 3. The minimum Gasteiger partial charge on any atom is -0.330 e. The summed E-state index contributed by atoms with van der Waals surface area (Å²) >= 11 is 0. The van der Waals surface area contributed by atoms with Crippen LogP contribution in [-0.4, -0.2) is 55.6 Å². The molecule has 1 aliphatic heterocycles. The van der Waals surface area contributed by atoms with Crippen molar-refractivity contribution in [1.29, 1.82) is 0 Å². The van der Waals surface area contributed by atoms with Gasteiger partial charge >= 0.3 is 0 Å². The van der Waals surface area contributed by atoms with Crippen LogP contribution < -0.4 is 5.73 Å². The van der Waals surface area contributed by atoms with E-state index in [0.29, 0.717) is 0 Å². The zero-order chi connectivity index (χ0) is 12.5. The quantitative estimate of drug-likeness (QED) is 0.690. The van der Waals surface area contributed by atoms with Crippen LogP contribution in [0.3, 0.4) is 0 Å². The summed E-state index contributed by atoms with van der Waals surface area (Å²) < 4.78 is 0. The Morgan fingerprint density at radius 3 is 2.47 bits per heavy atom. The Hall–Kier alpha value is -0.120. The number of nitrogens with two attached hydrogens (primary N) is 1. The van der Waals surface area contributed by atoms with Gasteiger partial charge in [-0.15, -0.1) is 0 Å². The summed E-state index contributed by atoms with van der Waals surface area (Å²) in [6.45, 7) is 13.1. The maximum Gasteiger partial charge on any atom is 0.0109 e. The Kier molecular flexibility index (Phi) is 7.82. The first-order valence-corrected chi connectivity index (χ1v) is 7.41. The van der Waals surface area contributed by atoms with E-state index in [1.807, 2.05) is 0 Å². The lowest BCUT2D eigenvalue weighted by Gasteiger charge is -2.24. The van der Waals surface area contributed by atoms with Crippen LogP contribution in [0.25, 0.3) is 0 Å². The van der Waals surface area contributed by atoms with Gasteiger partial charge in [0, 0.05) is 19.6 Å². The lowest BCUT2D eigenvalue weighted by atomic mass is 10.1. The van der Waals surface area contributed by atoms with Crippen molar-refractivity contribution in [3.8, 4) is 0 Å². The van der Waals surface area contributed by atoms with E-state index in [2.05, 4.69) is 23.6 Å². The average molecular weight is 241 g/mol. The van der Waals surface area contributed by atoms with E-state index in [1.165, 1.54) is 65.0 Å². The van der Waals surface area contributed by atoms with Gasteiger partial charge in [-0.05, 0) is 51.4 Å². The third kappa shape index (κ3) is 6.39. The molecule has 0 saturated carbocycles. The van der Waals surface area contributed by atoms with Gasteiger partial charge in [-0.25, -0.2) is 0 Å². The van der Waals surface area contributed by atoms with Crippen LogP contribution in [0.4, 0.5) is 0 Å². The molecule has 1 heterocycles. The molecule has 17 heavy (non-hydrogen) atoms. The summed E-state index contributed by atoms with van der Waals surface area (Å²) in [5, 5.41) is 0. The summed E-state index contributed by atoms with van der Waals surface area (Å²) in [6, 6.07) is 0. The molecule has 1 fully saturated rings. The normalized spacial score (nSPS) is 21.4. The molecule has 0 aromatic heterocycles. The van der Waals surface area contributed by atoms with E-state index in [9.17, 15) is 0 Å². The molecular formula is C14H31N3. The SMILES string of the molecule is CCC(C)CN1CCCN(CCCCN)CC1. The van der Waals surface area contributed by atoms with Crippen LogP contribution in [0.15, 0.2) is 0 Å². The summed E-state index contributed by atoms with van der Waals surface area (Å²) in [5.74, 6) is 0.846. The van der Waals surface area contributed by atoms with Crippen molar-refractivity contribution >= 4 is 0 Å². The molecule has 0 spiro atoms. The predicted octanol–water partition coefficient (Wildman–Crippen LogP) is 1.78. The van der Waals surface area contributed by atoms with Crippen LogP contribution in [0.5, 0.6) is 0 Å². The van der Waals surface area contributed by atoms with Crippen molar-refractivity contribution in [2.24, 2.45) is 11.7 Å². The highest BCUT2D eigenvalue weighted by atomic mass is 15.2. The van der Waals surface area contributed by atoms with Crippen LogP contribution in [0.1, 0.15) is 39.5 Å². The third-order valence-corrected chi connectivity index (χ3v) is 3.88. The van der Waals surface area contributed by atoms with Crippen molar-refractivity contribution in [3.63, 3.8) is 0 Å². The predicted molar refractivity (Wildman–Crippen MR) is 75.2 cm³/mol. The molecule has 0 aromatic carbocycles. The Morgan fingerprint density at radius 1 is 1.06 bits per heavy atom. The number of unbranched alkanes of at least 4 members (excludes halogenated alkanes) is 1. The Balaban J connectivity index is 2.19. The van der Waals surface area contributed by atoms with Gasteiger partial charge in [-0.1, -0.05) is 20.3 Å². The molecule has 0 bridgehead atoms. The van der Waals surface area contributed by atoms with E-state index in [-0.39, 0.29) is 0 Å². The van der Waals surface area contributed by atoms with E-state index in [0.717, 1.165) is 12.5 Å². The smallest absolute Gasteiger partial charge is 0.0109 e. The van der Waals surface area contributed by atoms with E-state index < -0.39 is 0 Å². The second-order valence-electron chi connectivity index (χ2n) is 5.51. The molecular weight excluding hydrogens is 210 g/mol. The number of hydrogen-bond donors (Lipinski definition) is 1. The first kappa shape index (κ1) is 14.9. The minimum absolute atomic E-state index is 0.841. The zero-order valence-corrected chi connectivity index (χ0v) is 11.8. The van der Waals surface area contributed by atoms with Gasteiger partial charge in [0.1, 0.15) is 0 Å². The van der Waals surface area contributed by atoms with Crippen LogP contribution in [0.2, 0.25) is 0 Å². The minimum atomic E-state index is 0.841. The van der Waals surface area contributed by atoms with Gasteiger partial charge in [-0.3, -0.25) is 0 Å². The Labute approximate surface area is 107 Å². The van der Waals surface area contributed by atoms with Gasteiger partial charge in [-0.2, -0.15) is 0 Å². The van der Waals surface area contributed by atoms with Crippen molar-refractivity contribution in [3.05, 3.63) is 0 Å². The Bertz CT molecular complexity index is 184. The van der Waals surface area contributed by atoms with Gasteiger partial charge in [0.15, 0.2) is 0 Å². The molecule has 0 amide bonds. The van der Waals surface area contributed by atoms with Crippen LogP contribution in [-0.2, 0) is 0 Å². The highest BCUT2D eigenvalue weighted by Gasteiger charge is 2.15. The zero-order valence-electron chi connectivity index (χ0n) is 11.8. The van der Waals surface area contributed by atoms with Gasteiger partial charge in [0.25, 0.3) is 0 Å². The first-order valence-electron chi connectivity index (χ1n) is 7.41. The van der Waals surface area contributed by atoms with Crippen LogP contribution in [0, 0.1) is 5.92 Å². The molecule has 1 saturated heterocycles. The summed E-state index contributed by atoms with van der Waals surface area (Å²) in [5.41, 5.74) is 5.54. The molecule has 1 atom stereocenters. The fourth-order valence-corrected chi connectivity index (χ4v) is 2.48. The summed E-state index contributed by atoms with van der Waals surface area (Å²) in [7, 11) is 0. The van der Waals surface area contributed by atoms with E-state index in [1.54, 1.807) is 0 Å². The molecule has 1 rings (SSSR count). The van der Waals surface area contributed by atoms with Gasteiger partial charge in [0.2, 0.25) is 0 Å². The molecule has 1 unspecified atom stereocenters. The largest absolute Gasteiger partial charge is 0.330 e. The fourth-order valence-electron chi connectivity index (χ4n) is 2.48. The second kappa shape index (κ2) is 8.90. The molecule has 3 nitrogen and oxygen atoms in total. The number of nitrogens with zero attached hydrogens (tertiary/aromatic N) is 2. The standard InChI is InChI=1S/C14H31N3/c1-3-14(2)13-17-10-6-9-16(11-12-17)8-5-4-7-15/h14H,3-13,15H2,1-2H3. The van der Waals surface area contributed by atoms with Crippen molar-refractivity contribution in [2.75, 3.05) is 45.8 Å². The summed E-state index contributed by atoms with van der Waals surface area (Å²) in [6.07, 6.45) is 5.07. The average Bonchev–Trinajstić information content (AvgIpc) is 2.55. The topological polar surface area (TPSA) is 32.5 Å². The van der Waals surface area contributed by atoms with Gasteiger partial charge in [0.05, 0.1) is 0 Å².